The van der Waals surface area contributed by atoms with Gasteiger partial charge in [-0.3, -0.25) is 4.68 Å². The molecule has 5 heteroatoms. The van der Waals surface area contributed by atoms with Gasteiger partial charge in [0.1, 0.15) is 11.4 Å². The average Bonchev–Trinajstić information content (AvgIpc) is 2.71. The lowest BCUT2D eigenvalue weighted by Crippen LogP contribution is -2.33. The Balaban J connectivity index is 2.46. The third-order valence-corrected chi connectivity index (χ3v) is 3.50. The molecule has 0 fully saturated rings. The van der Waals surface area contributed by atoms with Crippen LogP contribution in [0.4, 0.5) is 5.82 Å². The molecule has 0 amide bonds. The summed E-state index contributed by atoms with van der Waals surface area (Å²) < 4.78 is 1.65. The van der Waals surface area contributed by atoms with Crippen molar-refractivity contribution < 1.29 is 9.90 Å². The summed E-state index contributed by atoms with van der Waals surface area (Å²) in [5.74, 6) is -0.284. The molecule has 0 atom stereocenters. The van der Waals surface area contributed by atoms with Gasteiger partial charge in [-0.15, -0.1) is 0 Å². The van der Waals surface area contributed by atoms with E-state index < -0.39 is 5.97 Å². The van der Waals surface area contributed by atoms with Gasteiger partial charge in [-0.2, -0.15) is 5.10 Å². The second-order valence-electron chi connectivity index (χ2n) is 5.42. The van der Waals surface area contributed by atoms with Crippen LogP contribution in [0.5, 0.6) is 0 Å². The standard InChI is InChI=1S/C16H21N3O2/c1-11(2)19(10-13-8-6-5-7-9-13)15-14(16(20)21)12(3)17-18(15)4/h5-9,11H,10H2,1-4H3,(H,20,21). The van der Waals surface area contributed by atoms with Crippen molar-refractivity contribution in [3.63, 3.8) is 0 Å². The van der Waals surface area contributed by atoms with Crippen LogP contribution >= 0.6 is 0 Å². The van der Waals surface area contributed by atoms with E-state index in [9.17, 15) is 9.90 Å². The van der Waals surface area contributed by atoms with Gasteiger partial charge in [0.15, 0.2) is 0 Å². The summed E-state index contributed by atoms with van der Waals surface area (Å²) in [4.78, 5) is 13.6. The fraction of sp³-hybridized carbons (Fsp3) is 0.375. The van der Waals surface area contributed by atoms with Crippen molar-refractivity contribution in [3.05, 3.63) is 47.2 Å². The molecule has 1 aromatic heterocycles. The first kappa shape index (κ1) is 15.1. The van der Waals surface area contributed by atoms with Crippen molar-refractivity contribution in [2.75, 3.05) is 4.90 Å². The summed E-state index contributed by atoms with van der Waals surface area (Å²) >= 11 is 0. The first-order chi connectivity index (χ1) is 9.91. The predicted molar refractivity (Wildman–Crippen MR) is 82.7 cm³/mol. The van der Waals surface area contributed by atoms with Crippen molar-refractivity contribution in [2.24, 2.45) is 7.05 Å². The van der Waals surface area contributed by atoms with E-state index in [1.165, 1.54) is 0 Å². The molecule has 0 bridgehead atoms. The number of carboxylic acids is 1. The van der Waals surface area contributed by atoms with Crippen molar-refractivity contribution >= 4 is 11.8 Å². The third-order valence-electron chi connectivity index (χ3n) is 3.50. The van der Waals surface area contributed by atoms with Crippen LogP contribution in [0.25, 0.3) is 0 Å². The predicted octanol–water partition coefficient (Wildman–Crippen LogP) is 2.84. The monoisotopic (exact) mass is 287 g/mol. The molecule has 5 nitrogen and oxygen atoms in total. The van der Waals surface area contributed by atoms with Gasteiger partial charge in [0.2, 0.25) is 0 Å². The molecular formula is C16H21N3O2. The highest BCUT2D eigenvalue weighted by molar-refractivity contribution is 5.95. The first-order valence-electron chi connectivity index (χ1n) is 6.99. The van der Waals surface area contributed by atoms with Crippen molar-refractivity contribution in [1.82, 2.24) is 9.78 Å². The summed E-state index contributed by atoms with van der Waals surface area (Å²) in [6, 6.07) is 10.2. The minimum absolute atomic E-state index is 0.165. The van der Waals surface area contributed by atoms with E-state index in [1.807, 2.05) is 30.3 Å². The molecule has 2 rings (SSSR count). The number of aryl methyl sites for hydroxylation is 2. The lowest BCUT2D eigenvalue weighted by atomic mass is 10.1. The van der Waals surface area contributed by atoms with Crippen LogP contribution in [0.3, 0.4) is 0 Å². The van der Waals surface area contributed by atoms with Gasteiger partial charge in [-0.1, -0.05) is 30.3 Å². The number of aromatic nitrogens is 2. The summed E-state index contributed by atoms with van der Waals surface area (Å²) in [5, 5.41) is 13.7. The number of aromatic carboxylic acids is 1. The van der Waals surface area contributed by atoms with Crippen molar-refractivity contribution in [3.8, 4) is 0 Å². The maximum atomic E-state index is 11.6. The molecule has 1 heterocycles. The second kappa shape index (κ2) is 5.99. The van der Waals surface area contributed by atoms with Gasteiger partial charge in [0.25, 0.3) is 0 Å². The van der Waals surface area contributed by atoms with E-state index in [-0.39, 0.29) is 11.6 Å². The lowest BCUT2D eigenvalue weighted by molar-refractivity contribution is 0.0696. The normalized spacial score (nSPS) is 10.9. The van der Waals surface area contributed by atoms with Crippen LogP contribution in [0.2, 0.25) is 0 Å². The molecule has 0 saturated carbocycles. The van der Waals surface area contributed by atoms with Gasteiger partial charge < -0.3 is 10.0 Å². The Hall–Kier alpha value is -2.30. The molecule has 112 valence electrons. The first-order valence-corrected chi connectivity index (χ1v) is 6.99. The highest BCUT2D eigenvalue weighted by Crippen LogP contribution is 2.26. The molecule has 0 saturated heterocycles. The molecule has 0 unspecified atom stereocenters. The zero-order valence-corrected chi connectivity index (χ0v) is 12.9. The Morgan fingerprint density at radius 3 is 2.48 bits per heavy atom. The van der Waals surface area contributed by atoms with Crippen LogP contribution in [0.15, 0.2) is 30.3 Å². The fourth-order valence-corrected chi connectivity index (χ4v) is 2.51. The summed E-state index contributed by atoms with van der Waals surface area (Å²) in [6.07, 6.45) is 0. The second-order valence-corrected chi connectivity index (χ2v) is 5.42. The van der Waals surface area contributed by atoms with Gasteiger partial charge in [-0.25, -0.2) is 4.79 Å². The van der Waals surface area contributed by atoms with E-state index in [2.05, 4.69) is 23.8 Å². The topological polar surface area (TPSA) is 58.4 Å². The molecule has 0 aliphatic rings. The maximum absolute atomic E-state index is 11.6. The van der Waals surface area contributed by atoms with E-state index >= 15 is 0 Å². The Morgan fingerprint density at radius 2 is 1.95 bits per heavy atom. The van der Waals surface area contributed by atoms with Gasteiger partial charge >= 0.3 is 5.97 Å². The fourth-order valence-electron chi connectivity index (χ4n) is 2.51. The van der Waals surface area contributed by atoms with Crippen LogP contribution < -0.4 is 4.90 Å². The Bertz CT molecular complexity index is 632. The number of carbonyl (C=O) groups is 1. The minimum Gasteiger partial charge on any atom is -0.477 e. The van der Waals surface area contributed by atoms with E-state index in [1.54, 1.807) is 18.7 Å². The zero-order valence-electron chi connectivity index (χ0n) is 12.9. The van der Waals surface area contributed by atoms with Gasteiger partial charge in [-0.05, 0) is 26.3 Å². The molecule has 1 N–H and O–H groups in total. The Labute approximate surface area is 124 Å². The molecule has 1 aromatic carbocycles. The number of hydrogen-bond donors (Lipinski definition) is 1. The molecule has 21 heavy (non-hydrogen) atoms. The number of carboxylic acid groups (broad SMARTS) is 1. The van der Waals surface area contributed by atoms with Crippen LogP contribution in [0.1, 0.15) is 35.5 Å². The highest BCUT2D eigenvalue weighted by Gasteiger charge is 2.25. The number of rotatable bonds is 5. The highest BCUT2D eigenvalue weighted by atomic mass is 16.4. The lowest BCUT2D eigenvalue weighted by Gasteiger charge is -2.29. The Kier molecular flexibility index (Phi) is 4.31. The van der Waals surface area contributed by atoms with Crippen LogP contribution in [0, 0.1) is 6.92 Å². The summed E-state index contributed by atoms with van der Waals surface area (Å²) in [7, 11) is 1.79. The molecule has 0 radical (unpaired) electrons. The van der Waals surface area contributed by atoms with Crippen LogP contribution in [-0.4, -0.2) is 26.9 Å². The summed E-state index contributed by atoms with van der Waals surface area (Å²) in [5.41, 5.74) is 1.96. The largest absolute Gasteiger partial charge is 0.477 e. The maximum Gasteiger partial charge on any atom is 0.341 e. The van der Waals surface area contributed by atoms with E-state index in [4.69, 9.17) is 0 Å². The van der Waals surface area contributed by atoms with E-state index in [0.717, 1.165) is 5.56 Å². The SMILES string of the molecule is Cc1nn(C)c(N(Cc2ccccc2)C(C)C)c1C(=O)O. The number of benzene rings is 1. The third kappa shape index (κ3) is 3.07. The number of nitrogens with zero attached hydrogens (tertiary/aromatic N) is 3. The van der Waals surface area contributed by atoms with Gasteiger partial charge in [0.05, 0.1) is 5.69 Å². The van der Waals surface area contributed by atoms with Gasteiger partial charge in [0, 0.05) is 19.6 Å². The average molecular weight is 287 g/mol. The van der Waals surface area contributed by atoms with E-state index in [0.29, 0.717) is 18.1 Å². The molecule has 0 aliphatic carbocycles. The Morgan fingerprint density at radius 1 is 1.33 bits per heavy atom. The summed E-state index contributed by atoms with van der Waals surface area (Å²) in [6.45, 7) is 6.49. The molecule has 2 aromatic rings. The number of hydrogen-bond acceptors (Lipinski definition) is 3. The number of anilines is 1. The molecule has 0 aliphatic heterocycles. The quantitative estimate of drug-likeness (QED) is 0.918. The van der Waals surface area contributed by atoms with Crippen molar-refractivity contribution in [1.29, 1.82) is 0 Å². The zero-order chi connectivity index (χ0) is 15.6. The molecular weight excluding hydrogens is 266 g/mol. The van der Waals surface area contributed by atoms with Crippen molar-refractivity contribution in [2.45, 2.75) is 33.4 Å². The van der Waals surface area contributed by atoms with Crippen LogP contribution in [-0.2, 0) is 13.6 Å². The molecule has 0 spiro atoms. The smallest absolute Gasteiger partial charge is 0.341 e. The minimum atomic E-state index is -0.936.